The van der Waals surface area contributed by atoms with Gasteiger partial charge in [-0.3, -0.25) is 0 Å². The SMILES string of the molecule is CCCCCn1c(C#N)cc(N)c1Oc1ccc(OC)cc1. The van der Waals surface area contributed by atoms with Gasteiger partial charge in [0.25, 0.3) is 0 Å². The molecule has 0 saturated heterocycles. The lowest BCUT2D eigenvalue weighted by Crippen LogP contribution is -2.04. The Hall–Kier alpha value is -2.61. The number of unbranched alkanes of at least 4 members (excludes halogenated alkanes) is 2. The summed E-state index contributed by atoms with van der Waals surface area (Å²) in [6.45, 7) is 2.86. The van der Waals surface area contributed by atoms with Gasteiger partial charge in [0, 0.05) is 12.6 Å². The van der Waals surface area contributed by atoms with Gasteiger partial charge in [0.15, 0.2) is 0 Å². The predicted molar refractivity (Wildman–Crippen MR) is 86.2 cm³/mol. The third-order valence-corrected chi connectivity index (χ3v) is 3.45. The standard InChI is InChI=1S/C17H21N3O2/c1-3-4-5-10-20-13(12-18)11-16(19)17(20)22-15-8-6-14(21-2)7-9-15/h6-9,11H,3-5,10,19H2,1-2H3. The molecule has 5 nitrogen and oxygen atoms in total. The van der Waals surface area contributed by atoms with Crippen LogP contribution in [-0.2, 0) is 6.54 Å². The van der Waals surface area contributed by atoms with Crippen LogP contribution in [0.15, 0.2) is 30.3 Å². The zero-order valence-corrected chi connectivity index (χ0v) is 13.0. The molecule has 0 unspecified atom stereocenters. The molecule has 0 bridgehead atoms. The molecule has 0 aliphatic rings. The topological polar surface area (TPSA) is 73.2 Å². The average Bonchev–Trinajstić information content (AvgIpc) is 2.84. The summed E-state index contributed by atoms with van der Waals surface area (Å²) in [6, 6.07) is 11.1. The summed E-state index contributed by atoms with van der Waals surface area (Å²) in [5.74, 6) is 1.95. The Morgan fingerprint density at radius 3 is 2.45 bits per heavy atom. The maximum Gasteiger partial charge on any atom is 0.224 e. The van der Waals surface area contributed by atoms with E-state index in [2.05, 4.69) is 13.0 Å². The average molecular weight is 299 g/mol. The summed E-state index contributed by atoms with van der Waals surface area (Å²) in [7, 11) is 1.62. The molecule has 0 amide bonds. The summed E-state index contributed by atoms with van der Waals surface area (Å²) < 4.78 is 12.9. The minimum absolute atomic E-state index is 0.476. The highest BCUT2D eigenvalue weighted by Gasteiger charge is 2.15. The van der Waals surface area contributed by atoms with Crippen molar-refractivity contribution in [2.75, 3.05) is 12.8 Å². The van der Waals surface area contributed by atoms with Crippen molar-refractivity contribution in [3.63, 3.8) is 0 Å². The zero-order chi connectivity index (χ0) is 15.9. The first-order valence-electron chi connectivity index (χ1n) is 7.40. The number of rotatable bonds is 7. The number of benzene rings is 1. The molecular weight excluding hydrogens is 278 g/mol. The first-order valence-corrected chi connectivity index (χ1v) is 7.40. The Bertz CT molecular complexity index is 654. The normalized spacial score (nSPS) is 10.2. The molecule has 0 spiro atoms. The van der Waals surface area contributed by atoms with E-state index >= 15 is 0 Å². The lowest BCUT2D eigenvalue weighted by Gasteiger charge is -2.12. The monoisotopic (exact) mass is 299 g/mol. The number of nitrogen functional groups attached to an aromatic ring is 1. The number of hydrogen-bond acceptors (Lipinski definition) is 4. The number of ether oxygens (including phenoxy) is 2. The fraction of sp³-hybridized carbons (Fsp3) is 0.353. The van der Waals surface area contributed by atoms with Gasteiger partial charge in [-0.2, -0.15) is 5.26 Å². The predicted octanol–water partition coefficient (Wildman–Crippen LogP) is 3.93. The van der Waals surface area contributed by atoms with E-state index in [9.17, 15) is 5.26 Å². The van der Waals surface area contributed by atoms with Crippen molar-refractivity contribution in [2.24, 2.45) is 0 Å². The zero-order valence-electron chi connectivity index (χ0n) is 13.0. The van der Waals surface area contributed by atoms with Gasteiger partial charge in [0.1, 0.15) is 23.3 Å². The number of methoxy groups -OCH3 is 1. The van der Waals surface area contributed by atoms with Crippen LogP contribution in [0.3, 0.4) is 0 Å². The van der Waals surface area contributed by atoms with Crippen molar-refractivity contribution in [1.29, 1.82) is 5.26 Å². The third-order valence-electron chi connectivity index (χ3n) is 3.45. The second-order valence-corrected chi connectivity index (χ2v) is 5.04. The molecule has 1 aromatic carbocycles. The van der Waals surface area contributed by atoms with Gasteiger partial charge in [-0.1, -0.05) is 19.8 Å². The largest absolute Gasteiger partial charge is 0.497 e. The van der Waals surface area contributed by atoms with Crippen molar-refractivity contribution in [3.8, 4) is 23.4 Å². The number of nitrogens with zero attached hydrogens (tertiary/aromatic N) is 2. The molecule has 0 aliphatic carbocycles. The molecule has 2 rings (SSSR count). The Morgan fingerprint density at radius 1 is 1.18 bits per heavy atom. The van der Waals surface area contributed by atoms with Crippen molar-refractivity contribution in [1.82, 2.24) is 4.57 Å². The van der Waals surface area contributed by atoms with E-state index in [1.165, 1.54) is 0 Å². The molecule has 22 heavy (non-hydrogen) atoms. The smallest absolute Gasteiger partial charge is 0.224 e. The second-order valence-electron chi connectivity index (χ2n) is 5.04. The van der Waals surface area contributed by atoms with E-state index < -0.39 is 0 Å². The first kappa shape index (κ1) is 15.8. The summed E-state index contributed by atoms with van der Waals surface area (Å²) >= 11 is 0. The summed E-state index contributed by atoms with van der Waals surface area (Å²) in [4.78, 5) is 0. The molecule has 5 heteroatoms. The molecule has 1 heterocycles. The highest BCUT2D eigenvalue weighted by Crippen LogP contribution is 2.32. The van der Waals surface area contributed by atoms with Crippen LogP contribution in [0.25, 0.3) is 0 Å². The van der Waals surface area contributed by atoms with Crippen molar-refractivity contribution in [2.45, 2.75) is 32.7 Å². The lowest BCUT2D eigenvalue weighted by atomic mass is 10.2. The van der Waals surface area contributed by atoms with Gasteiger partial charge >= 0.3 is 0 Å². The minimum Gasteiger partial charge on any atom is -0.497 e. The van der Waals surface area contributed by atoms with E-state index in [0.717, 1.165) is 31.6 Å². The van der Waals surface area contributed by atoms with Crippen LogP contribution in [0.5, 0.6) is 17.4 Å². The molecule has 2 aromatic rings. The van der Waals surface area contributed by atoms with Gasteiger partial charge in [0.05, 0.1) is 12.8 Å². The van der Waals surface area contributed by atoms with Gasteiger partial charge in [0.2, 0.25) is 5.88 Å². The number of anilines is 1. The fourth-order valence-corrected chi connectivity index (χ4v) is 2.26. The van der Waals surface area contributed by atoms with Crippen LogP contribution in [-0.4, -0.2) is 11.7 Å². The van der Waals surface area contributed by atoms with Crippen molar-refractivity contribution >= 4 is 5.69 Å². The number of aromatic nitrogens is 1. The van der Waals surface area contributed by atoms with E-state index in [0.29, 0.717) is 23.0 Å². The number of nitrogens with two attached hydrogens (primary N) is 1. The van der Waals surface area contributed by atoms with Crippen LogP contribution in [0.1, 0.15) is 31.9 Å². The Balaban J connectivity index is 2.24. The van der Waals surface area contributed by atoms with Crippen LogP contribution in [0.2, 0.25) is 0 Å². The minimum atomic E-state index is 0.476. The molecule has 0 saturated carbocycles. The van der Waals surface area contributed by atoms with Crippen LogP contribution in [0.4, 0.5) is 5.69 Å². The number of nitriles is 1. The van der Waals surface area contributed by atoms with Gasteiger partial charge < -0.3 is 19.8 Å². The summed E-state index contributed by atoms with van der Waals surface area (Å²) in [6.07, 6.45) is 3.20. The van der Waals surface area contributed by atoms with E-state index in [1.54, 1.807) is 13.2 Å². The van der Waals surface area contributed by atoms with E-state index in [4.69, 9.17) is 15.2 Å². The molecule has 0 aliphatic heterocycles. The quantitative estimate of drug-likeness (QED) is 0.786. The Morgan fingerprint density at radius 2 is 1.86 bits per heavy atom. The second kappa shape index (κ2) is 7.41. The molecule has 0 fully saturated rings. The number of hydrogen-bond donors (Lipinski definition) is 1. The highest BCUT2D eigenvalue weighted by atomic mass is 16.5. The molecule has 1 aromatic heterocycles. The first-order chi connectivity index (χ1) is 10.7. The highest BCUT2D eigenvalue weighted by molar-refractivity contribution is 5.56. The van der Waals surface area contributed by atoms with Crippen LogP contribution >= 0.6 is 0 Å². The van der Waals surface area contributed by atoms with Gasteiger partial charge in [-0.15, -0.1) is 0 Å². The summed E-state index contributed by atoms with van der Waals surface area (Å²) in [5.41, 5.74) is 7.01. The summed E-state index contributed by atoms with van der Waals surface area (Å²) in [5, 5.41) is 9.25. The molecule has 2 N–H and O–H groups in total. The van der Waals surface area contributed by atoms with Crippen LogP contribution < -0.4 is 15.2 Å². The molecule has 0 radical (unpaired) electrons. The maximum atomic E-state index is 9.25. The third kappa shape index (κ3) is 3.53. The molecule has 0 atom stereocenters. The maximum absolute atomic E-state index is 9.25. The Kier molecular flexibility index (Phi) is 5.31. The van der Waals surface area contributed by atoms with Gasteiger partial charge in [-0.05, 0) is 30.7 Å². The van der Waals surface area contributed by atoms with E-state index in [1.807, 2.05) is 28.8 Å². The molecular formula is C17H21N3O2. The Labute approximate surface area is 130 Å². The van der Waals surface area contributed by atoms with Crippen LogP contribution in [0, 0.1) is 11.3 Å². The van der Waals surface area contributed by atoms with E-state index in [-0.39, 0.29) is 0 Å². The molecule has 116 valence electrons. The van der Waals surface area contributed by atoms with Crippen molar-refractivity contribution < 1.29 is 9.47 Å². The van der Waals surface area contributed by atoms with Crippen molar-refractivity contribution in [3.05, 3.63) is 36.0 Å². The van der Waals surface area contributed by atoms with Gasteiger partial charge in [-0.25, -0.2) is 0 Å². The lowest BCUT2D eigenvalue weighted by molar-refractivity contribution is 0.407. The fourth-order valence-electron chi connectivity index (χ4n) is 2.26.